The molecule has 1 N–H and O–H groups in total. The van der Waals surface area contributed by atoms with Gasteiger partial charge in [-0.05, 0) is 72.2 Å². The van der Waals surface area contributed by atoms with E-state index >= 15 is 0 Å². The molecule has 0 aliphatic rings. The van der Waals surface area contributed by atoms with E-state index in [4.69, 9.17) is 4.74 Å². The third-order valence-electron chi connectivity index (χ3n) is 4.45. The molecule has 0 spiro atoms. The maximum absolute atomic E-state index is 13.5. The first-order valence-electron chi connectivity index (χ1n) is 9.67. The summed E-state index contributed by atoms with van der Waals surface area (Å²) in [6, 6.07) is 18.8. The van der Waals surface area contributed by atoms with Crippen LogP contribution in [0.5, 0.6) is 5.75 Å². The Morgan fingerprint density at radius 3 is 2.52 bits per heavy atom. The second-order valence-electron chi connectivity index (χ2n) is 6.74. The molecule has 0 fully saturated rings. The molecule has 156 valence electrons. The van der Waals surface area contributed by atoms with Crippen molar-refractivity contribution >= 4 is 17.7 Å². The molecule has 0 radical (unpaired) electrons. The first-order chi connectivity index (χ1) is 15.0. The van der Waals surface area contributed by atoms with Crippen LogP contribution in [-0.4, -0.2) is 12.5 Å². The van der Waals surface area contributed by atoms with Crippen molar-refractivity contribution in [2.45, 2.75) is 13.3 Å². The molecule has 1 amide bonds. The molecule has 31 heavy (non-hydrogen) atoms. The number of hydrogen-bond acceptors (Lipinski definition) is 3. The molecule has 0 aromatic heterocycles. The number of halogens is 2. The zero-order valence-electron chi connectivity index (χ0n) is 16.9. The molecule has 3 rings (SSSR count). The van der Waals surface area contributed by atoms with E-state index in [0.29, 0.717) is 30.0 Å². The van der Waals surface area contributed by atoms with Crippen LogP contribution in [0.4, 0.5) is 14.5 Å². The van der Waals surface area contributed by atoms with Gasteiger partial charge in [-0.1, -0.05) is 24.3 Å². The molecular weight excluding hydrogens is 398 g/mol. The van der Waals surface area contributed by atoms with Crippen LogP contribution in [-0.2, 0) is 11.2 Å². The lowest BCUT2D eigenvalue weighted by molar-refractivity contribution is -0.112. The van der Waals surface area contributed by atoms with Gasteiger partial charge >= 0.3 is 0 Å². The van der Waals surface area contributed by atoms with Crippen molar-refractivity contribution in [3.05, 3.63) is 101 Å². The monoisotopic (exact) mass is 418 g/mol. The molecule has 0 aliphatic carbocycles. The van der Waals surface area contributed by atoms with E-state index in [1.54, 1.807) is 18.2 Å². The van der Waals surface area contributed by atoms with E-state index in [1.165, 1.54) is 42.5 Å². The van der Waals surface area contributed by atoms with Gasteiger partial charge in [0.2, 0.25) is 0 Å². The van der Waals surface area contributed by atoms with Crippen molar-refractivity contribution in [2.75, 3.05) is 11.9 Å². The minimum atomic E-state index is -0.601. The van der Waals surface area contributed by atoms with Gasteiger partial charge < -0.3 is 10.1 Å². The number of ether oxygens (including phenoxy) is 1. The lowest BCUT2D eigenvalue weighted by Gasteiger charge is -2.12. The van der Waals surface area contributed by atoms with Gasteiger partial charge in [0, 0.05) is 12.1 Å². The predicted molar refractivity (Wildman–Crippen MR) is 115 cm³/mol. The molecule has 0 bridgehead atoms. The molecule has 6 heteroatoms. The van der Waals surface area contributed by atoms with Crippen LogP contribution in [0.2, 0.25) is 0 Å². The minimum Gasteiger partial charge on any atom is -0.494 e. The second-order valence-corrected chi connectivity index (χ2v) is 6.74. The number of anilines is 1. The summed E-state index contributed by atoms with van der Waals surface area (Å²) in [5.41, 5.74) is 2.55. The van der Waals surface area contributed by atoms with Crippen molar-refractivity contribution < 1.29 is 18.3 Å². The molecule has 0 heterocycles. The zero-order valence-corrected chi connectivity index (χ0v) is 16.9. The van der Waals surface area contributed by atoms with Crippen LogP contribution in [0, 0.1) is 23.0 Å². The number of nitriles is 1. The average Bonchev–Trinajstić information content (AvgIpc) is 2.75. The summed E-state index contributed by atoms with van der Waals surface area (Å²) >= 11 is 0. The van der Waals surface area contributed by atoms with E-state index in [0.717, 1.165) is 11.1 Å². The summed E-state index contributed by atoms with van der Waals surface area (Å²) in [5.74, 6) is -0.732. The van der Waals surface area contributed by atoms with Crippen LogP contribution >= 0.6 is 0 Å². The van der Waals surface area contributed by atoms with E-state index < -0.39 is 11.7 Å². The van der Waals surface area contributed by atoms with Crippen LogP contribution in [0.1, 0.15) is 23.6 Å². The summed E-state index contributed by atoms with van der Waals surface area (Å²) in [6.07, 6.45) is 1.93. The molecule has 4 nitrogen and oxygen atoms in total. The third-order valence-corrected chi connectivity index (χ3v) is 4.45. The van der Waals surface area contributed by atoms with Crippen LogP contribution < -0.4 is 10.1 Å². The van der Waals surface area contributed by atoms with E-state index in [9.17, 15) is 18.8 Å². The SMILES string of the molecule is CCOc1cc(/C=C(\C#N)C(=O)Nc2ccc(F)cc2)ccc1Cc1cccc(F)c1. The first-order valence-corrected chi connectivity index (χ1v) is 9.67. The topological polar surface area (TPSA) is 62.1 Å². The quantitative estimate of drug-likeness (QED) is 0.407. The Bertz CT molecular complexity index is 1150. The van der Waals surface area contributed by atoms with Gasteiger partial charge in [-0.3, -0.25) is 4.79 Å². The van der Waals surface area contributed by atoms with E-state index in [-0.39, 0.29) is 11.4 Å². The Morgan fingerprint density at radius 2 is 1.84 bits per heavy atom. The second kappa shape index (κ2) is 10.2. The van der Waals surface area contributed by atoms with Crippen molar-refractivity contribution in [1.29, 1.82) is 5.26 Å². The van der Waals surface area contributed by atoms with Gasteiger partial charge in [0.15, 0.2) is 0 Å². The third kappa shape index (κ3) is 6.00. The highest BCUT2D eigenvalue weighted by Crippen LogP contribution is 2.25. The number of carbonyl (C=O) groups is 1. The number of rotatable bonds is 7. The summed E-state index contributed by atoms with van der Waals surface area (Å²) in [4.78, 5) is 12.4. The highest BCUT2D eigenvalue weighted by Gasteiger charge is 2.12. The first kappa shape index (κ1) is 21.7. The number of nitrogens with zero attached hydrogens (tertiary/aromatic N) is 1. The molecule has 3 aromatic rings. The predicted octanol–water partition coefficient (Wildman–Crippen LogP) is 5.50. The van der Waals surface area contributed by atoms with Gasteiger partial charge in [0.1, 0.15) is 29.0 Å². The summed E-state index contributed by atoms with van der Waals surface area (Å²) < 4.78 is 32.2. The van der Waals surface area contributed by atoms with E-state index in [1.807, 2.05) is 25.1 Å². The number of amides is 1. The van der Waals surface area contributed by atoms with Gasteiger partial charge in [0.05, 0.1) is 6.61 Å². The van der Waals surface area contributed by atoms with Crippen molar-refractivity contribution in [1.82, 2.24) is 0 Å². The Hall–Kier alpha value is -3.98. The fraction of sp³-hybridized carbons (Fsp3) is 0.120. The molecule has 3 aromatic carbocycles. The molecule has 0 saturated heterocycles. The van der Waals surface area contributed by atoms with E-state index in [2.05, 4.69) is 5.32 Å². The average molecular weight is 418 g/mol. The van der Waals surface area contributed by atoms with Crippen molar-refractivity contribution in [3.8, 4) is 11.8 Å². The number of hydrogen-bond donors (Lipinski definition) is 1. The fourth-order valence-corrected chi connectivity index (χ4v) is 3.01. The van der Waals surface area contributed by atoms with Gasteiger partial charge in [-0.2, -0.15) is 5.26 Å². The lowest BCUT2D eigenvalue weighted by Crippen LogP contribution is -2.13. The van der Waals surface area contributed by atoms with Crippen molar-refractivity contribution in [2.24, 2.45) is 0 Å². The van der Waals surface area contributed by atoms with Crippen LogP contribution in [0.3, 0.4) is 0 Å². The smallest absolute Gasteiger partial charge is 0.266 e. The van der Waals surface area contributed by atoms with Crippen LogP contribution in [0.15, 0.2) is 72.3 Å². The molecule has 0 aliphatic heterocycles. The summed E-state index contributed by atoms with van der Waals surface area (Å²) in [6.45, 7) is 2.28. The Kier molecular flexibility index (Phi) is 7.13. The summed E-state index contributed by atoms with van der Waals surface area (Å²) in [7, 11) is 0. The number of benzene rings is 3. The molecule has 0 atom stereocenters. The normalized spacial score (nSPS) is 11.0. The molecule has 0 saturated carbocycles. The Balaban J connectivity index is 1.83. The van der Waals surface area contributed by atoms with Gasteiger partial charge in [0.25, 0.3) is 5.91 Å². The lowest BCUT2D eigenvalue weighted by atomic mass is 10.0. The maximum Gasteiger partial charge on any atom is 0.266 e. The summed E-state index contributed by atoms with van der Waals surface area (Å²) in [5, 5.41) is 12.0. The zero-order chi connectivity index (χ0) is 22.2. The highest BCUT2D eigenvalue weighted by molar-refractivity contribution is 6.09. The standard InChI is InChI=1S/C25H20F2N2O2/c1-2-31-24-15-18(6-7-19(24)12-17-4-3-5-22(27)14-17)13-20(16-28)25(30)29-23-10-8-21(26)9-11-23/h3-11,13-15H,2,12H2,1H3,(H,29,30)/b20-13+. The maximum atomic E-state index is 13.5. The Morgan fingerprint density at radius 1 is 1.06 bits per heavy atom. The highest BCUT2D eigenvalue weighted by atomic mass is 19.1. The fourth-order valence-electron chi connectivity index (χ4n) is 3.01. The van der Waals surface area contributed by atoms with Crippen molar-refractivity contribution in [3.63, 3.8) is 0 Å². The Labute approximate surface area is 179 Å². The number of carbonyl (C=O) groups excluding carboxylic acids is 1. The minimum absolute atomic E-state index is 0.107. The molecule has 0 unspecified atom stereocenters. The van der Waals surface area contributed by atoms with Gasteiger partial charge in [-0.15, -0.1) is 0 Å². The van der Waals surface area contributed by atoms with Crippen LogP contribution in [0.25, 0.3) is 6.08 Å². The number of nitrogens with one attached hydrogen (secondary N) is 1. The largest absolute Gasteiger partial charge is 0.494 e. The molecular formula is C25H20F2N2O2. The van der Waals surface area contributed by atoms with Gasteiger partial charge in [-0.25, -0.2) is 8.78 Å².